The van der Waals surface area contributed by atoms with E-state index in [9.17, 15) is 14.7 Å². The van der Waals surface area contributed by atoms with Crippen molar-refractivity contribution in [2.75, 3.05) is 11.9 Å². The van der Waals surface area contributed by atoms with E-state index in [2.05, 4.69) is 15.3 Å². The zero-order valence-corrected chi connectivity index (χ0v) is 13.7. The summed E-state index contributed by atoms with van der Waals surface area (Å²) in [7, 11) is 0. The van der Waals surface area contributed by atoms with E-state index >= 15 is 0 Å². The number of nitrogens with one attached hydrogen (secondary N) is 2. The molecule has 0 spiro atoms. The Labute approximate surface area is 143 Å². The van der Waals surface area contributed by atoms with Gasteiger partial charge in [0, 0.05) is 13.1 Å². The minimum absolute atomic E-state index is 0.0129. The third-order valence-corrected chi connectivity index (χ3v) is 3.81. The van der Waals surface area contributed by atoms with Gasteiger partial charge in [0.25, 0.3) is 5.56 Å². The van der Waals surface area contributed by atoms with Crippen LogP contribution in [0.5, 0.6) is 0 Å². The molecule has 1 heterocycles. The molecule has 24 heavy (non-hydrogen) atoms. The summed E-state index contributed by atoms with van der Waals surface area (Å²) in [5, 5.41) is 12.3. The van der Waals surface area contributed by atoms with Crippen molar-refractivity contribution in [1.29, 1.82) is 0 Å². The molecule has 5 N–H and O–H groups in total. The van der Waals surface area contributed by atoms with E-state index in [-0.39, 0.29) is 17.5 Å². The number of H-pyrrole nitrogens is 1. The Hall–Kier alpha value is -2.38. The topological polar surface area (TPSA) is 121 Å². The number of rotatable bonds is 8. The van der Waals surface area contributed by atoms with Crippen LogP contribution in [0.4, 0.5) is 5.69 Å². The number of nitrogens with two attached hydrogens (primary N) is 1. The molecule has 128 valence electrons. The normalized spacial score (nSPS) is 11.9. The standard InChI is InChI=1S/C16H19ClN4O3/c17-16-20-12(9-18)13(14(22)21-16)19-8-4-7-11(15(23)24)10-5-2-1-3-6-10/h1-3,5-6,11,19H,4,7-9,18H2,(H,23,24)(H,20,21,22). The second kappa shape index (κ2) is 8.47. The Balaban J connectivity index is 1.97. The van der Waals surface area contributed by atoms with Gasteiger partial charge in [-0.1, -0.05) is 30.3 Å². The third kappa shape index (κ3) is 4.56. The lowest BCUT2D eigenvalue weighted by molar-refractivity contribution is -0.139. The molecule has 1 aromatic carbocycles. The van der Waals surface area contributed by atoms with E-state index in [0.717, 1.165) is 5.56 Å². The molecule has 0 radical (unpaired) electrons. The van der Waals surface area contributed by atoms with E-state index in [1.807, 2.05) is 18.2 Å². The van der Waals surface area contributed by atoms with Gasteiger partial charge in [-0.05, 0) is 30.0 Å². The van der Waals surface area contributed by atoms with Crippen molar-refractivity contribution in [3.8, 4) is 0 Å². The first-order chi connectivity index (χ1) is 11.5. The fourth-order valence-corrected chi connectivity index (χ4v) is 2.65. The Morgan fingerprint density at radius 3 is 2.71 bits per heavy atom. The van der Waals surface area contributed by atoms with Crippen molar-refractivity contribution < 1.29 is 9.90 Å². The van der Waals surface area contributed by atoms with Gasteiger partial charge < -0.3 is 16.2 Å². The van der Waals surface area contributed by atoms with Gasteiger partial charge in [-0.15, -0.1) is 0 Å². The molecule has 0 saturated carbocycles. The Morgan fingerprint density at radius 2 is 2.08 bits per heavy atom. The number of hydrogen-bond donors (Lipinski definition) is 4. The van der Waals surface area contributed by atoms with Crippen LogP contribution < -0.4 is 16.6 Å². The van der Waals surface area contributed by atoms with Crippen molar-refractivity contribution in [3.05, 3.63) is 57.2 Å². The van der Waals surface area contributed by atoms with Gasteiger partial charge in [0.15, 0.2) is 0 Å². The van der Waals surface area contributed by atoms with Crippen LogP contribution in [-0.2, 0) is 11.3 Å². The highest BCUT2D eigenvalue weighted by Crippen LogP contribution is 2.21. The highest BCUT2D eigenvalue weighted by atomic mass is 35.5. The number of nitrogens with zero attached hydrogens (tertiary/aromatic N) is 1. The van der Waals surface area contributed by atoms with Crippen LogP contribution in [0.3, 0.4) is 0 Å². The van der Waals surface area contributed by atoms with Crippen LogP contribution in [0.25, 0.3) is 0 Å². The van der Waals surface area contributed by atoms with Crippen LogP contribution in [0.1, 0.15) is 30.0 Å². The number of carbonyl (C=O) groups is 1. The van der Waals surface area contributed by atoms with Gasteiger partial charge >= 0.3 is 5.97 Å². The maximum atomic E-state index is 11.9. The second-order valence-corrected chi connectivity index (χ2v) is 5.61. The van der Waals surface area contributed by atoms with Crippen molar-refractivity contribution in [3.63, 3.8) is 0 Å². The largest absolute Gasteiger partial charge is 0.481 e. The second-order valence-electron chi connectivity index (χ2n) is 5.25. The SMILES string of the molecule is NCc1nc(Cl)[nH]c(=O)c1NCCCC(C(=O)O)c1ccccc1. The number of carboxylic acids is 1. The number of halogens is 1. The predicted octanol–water partition coefficient (Wildman–Crippen LogP) is 1.94. The average molecular weight is 351 g/mol. The molecule has 0 aliphatic heterocycles. The zero-order valence-electron chi connectivity index (χ0n) is 13.0. The fourth-order valence-electron chi connectivity index (χ4n) is 2.46. The molecule has 2 rings (SSSR count). The lowest BCUT2D eigenvalue weighted by Gasteiger charge is -2.14. The molecule has 2 aromatic rings. The van der Waals surface area contributed by atoms with Crippen LogP contribution >= 0.6 is 11.6 Å². The van der Waals surface area contributed by atoms with E-state index in [1.165, 1.54) is 0 Å². The minimum atomic E-state index is -0.866. The molecular weight excluding hydrogens is 332 g/mol. The molecule has 0 saturated heterocycles. The van der Waals surface area contributed by atoms with E-state index in [4.69, 9.17) is 17.3 Å². The zero-order chi connectivity index (χ0) is 17.5. The van der Waals surface area contributed by atoms with Crippen molar-refractivity contribution in [2.24, 2.45) is 5.73 Å². The maximum Gasteiger partial charge on any atom is 0.310 e. The highest BCUT2D eigenvalue weighted by Gasteiger charge is 2.19. The van der Waals surface area contributed by atoms with Crippen LogP contribution in [0.2, 0.25) is 5.28 Å². The predicted molar refractivity (Wildman–Crippen MR) is 92.3 cm³/mol. The number of aliphatic carboxylic acids is 1. The van der Waals surface area contributed by atoms with Crippen LogP contribution in [0, 0.1) is 0 Å². The van der Waals surface area contributed by atoms with Gasteiger partial charge in [0.05, 0.1) is 11.6 Å². The summed E-state index contributed by atoms with van der Waals surface area (Å²) in [4.78, 5) is 29.7. The minimum Gasteiger partial charge on any atom is -0.481 e. The molecule has 0 fully saturated rings. The number of aromatic amines is 1. The Morgan fingerprint density at radius 1 is 1.38 bits per heavy atom. The molecule has 8 heteroatoms. The molecule has 1 atom stereocenters. The molecule has 0 aliphatic rings. The summed E-state index contributed by atoms with van der Waals surface area (Å²) in [5.41, 5.74) is 6.58. The summed E-state index contributed by atoms with van der Waals surface area (Å²) in [5.74, 6) is -1.45. The number of aromatic nitrogens is 2. The summed E-state index contributed by atoms with van der Waals surface area (Å²) in [6.45, 7) is 0.504. The lowest BCUT2D eigenvalue weighted by Crippen LogP contribution is -2.21. The molecular formula is C16H19ClN4O3. The summed E-state index contributed by atoms with van der Waals surface area (Å²) < 4.78 is 0. The summed E-state index contributed by atoms with van der Waals surface area (Å²) >= 11 is 5.69. The monoisotopic (exact) mass is 350 g/mol. The van der Waals surface area contributed by atoms with Crippen LogP contribution in [-0.4, -0.2) is 27.6 Å². The first-order valence-electron chi connectivity index (χ1n) is 7.53. The van der Waals surface area contributed by atoms with Gasteiger partial charge in [-0.2, -0.15) is 0 Å². The molecule has 1 aromatic heterocycles. The Bertz CT molecular complexity index is 749. The number of benzene rings is 1. The molecule has 0 amide bonds. The average Bonchev–Trinajstić information content (AvgIpc) is 2.56. The smallest absolute Gasteiger partial charge is 0.310 e. The number of carboxylic acid groups (broad SMARTS) is 1. The number of anilines is 1. The fraction of sp³-hybridized carbons (Fsp3) is 0.312. The maximum absolute atomic E-state index is 11.9. The van der Waals surface area contributed by atoms with Crippen molar-refractivity contribution in [2.45, 2.75) is 25.3 Å². The number of hydrogen-bond acceptors (Lipinski definition) is 5. The van der Waals surface area contributed by atoms with E-state index < -0.39 is 17.4 Å². The van der Waals surface area contributed by atoms with E-state index in [1.54, 1.807) is 12.1 Å². The summed E-state index contributed by atoms with van der Waals surface area (Å²) in [6.07, 6.45) is 1.02. The van der Waals surface area contributed by atoms with Gasteiger partial charge in [0.1, 0.15) is 5.69 Å². The van der Waals surface area contributed by atoms with Crippen molar-refractivity contribution >= 4 is 23.3 Å². The first-order valence-corrected chi connectivity index (χ1v) is 7.91. The first kappa shape index (κ1) is 18.0. The van der Waals surface area contributed by atoms with Crippen LogP contribution in [0.15, 0.2) is 35.1 Å². The van der Waals surface area contributed by atoms with Crippen molar-refractivity contribution in [1.82, 2.24) is 9.97 Å². The molecule has 7 nitrogen and oxygen atoms in total. The third-order valence-electron chi connectivity index (χ3n) is 3.63. The molecule has 0 bridgehead atoms. The van der Waals surface area contributed by atoms with E-state index in [0.29, 0.717) is 25.1 Å². The molecule has 1 unspecified atom stereocenters. The Kier molecular flexibility index (Phi) is 6.34. The lowest BCUT2D eigenvalue weighted by atomic mass is 9.94. The molecule has 0 aliphatic carbocycles. The summed E-state index contributed by atoms with van der Waals surface area (Å²) in [6, 6.07) is 9.07. The van der Waals surface area contributed by atoms with Gasteiger partial charge in [0.2, 0.25) is 5.28 Å². The quantitative estimate of drug-likeness (QED) is 0.426. The van der Waals surface area contributed by atoms with Gasteiger partial charge in [-0.3, -0.25) is 14.6 Å². The highest BCUT2D eigenvalue weighted by molar-refractivity contribution is 6.28. The van der Waals surface area contributed by atoms with Gasteiger partial charge in [-0.25, -0.2) is 4.98 Å².